The van der Waals surface area contributed by atoms with Gasteiger partial charge in [0.1, 0.15) is 0 Å². The molecule has 0 atom stereocenters. The molecule has 0 aliphatic carbocycles. The summed E-state index contributed by atoms with van der Waals surface area (Å²) in [5.74, 6) is 0. The lowest BCUT2D eigenvalue weighted by atomic mass is 10.1. The maximum absolute atomic E-state index is 10.7. The van der Waals surface area contributed by atoms with Crippen molar-refractivity contribution in [2.75, 3.05) is 7.05 Å². The van der Waals surface area contributed by atoms with Gasteiger partial charge in [-0.3, -0.25) is 10.1 Å². The van der Waals surface area contributed by atoms with E-state index in [1.165, 1.54) is 11.6 Å². The maximum Gasteiger partial charge on any atom is 0.270 e. The van der Waals surface area contributed by atoms with Crippen molar-refractivity contribution < 1.29 is 4.92 Å². The molecule has 88 valence electrons. The van der Waals surface area contributed by atoms with Crippen LogP contribution in [0.1, 0.15) is 5.56 Å². The highest BCUT2D eigenvalue weighted by molar-refractivity contribution is 7.13. The van der Waals surface area contributed by atoms with Crippen molar-refractivity contribution in [3.05, 3.63) is 51.4 Å². The molecule has 4 nitrogen and oxygen atoms in total. The van der Waals surface area contributed by atoms with Gasteiger partial charge in [-0.25, -0.2) is 0 Å². The minimum atomic E-state index is -0.369. The molecule has 1 aromatic carbocycles. The van der Waals surface area contributed by atoms with Gasteiger partial charge in [-0.1, -0.05) is 12.1 Å². The summed E-state index contributed by atoms with van der Waals surface area (Å²) in [5, 5.41) is 15.8. The van der Waals surface area contributed by atoms with Crippen LogP contribution in [-0.2, 0) is 6.54 Å². The minimum absolute atomic E-state index is 0.131. The molecule has 1 aromatic heterocycles. The molecule has 1 heterocycles. The highest BCUT2D eigenvalue weighted by Gasteiger charge is 2.08. The zero-order valence-corrected chi connectivity index (χ0v) is 10.2. The van der Waals surface area contributed by atoms with Crippen LogP contribution in [0.15, 0.2) is 35.7 Å². The lowest BCUT2D eigenvalue weighted by Crippen LogP contribution is -2.03. The van der Waals surface area contributed by atoms with Crippen LogP contribution in [0.3, 0.4) is 0 Å². The summed E-state index contributed by atoms with van der Waals surface area (Å²) in [6.07, 6.45) is 0. The topological polar surface area (TPSA) is 55.2 Å². The zero-order chi connectivity index (χ0) is 12.3. The SMILES string of the molecule is CNCc1csc(-c2cccc([N+](=O)[O-])c2)c1. The number of nitrogens with zero attached hydrogens (tertiary/aromatic N) is 1. The van der Waals surface area contributed by atoms with E-state index >= 15 is 0 Å². The monoisotopic (exact) mass is 248 g/mol. The Morgan fingerprint density at radius 1 is 1.41 bits per heavy atom. The van der Waals surface area contributed by atoms with Crippen molar-refractivity contribution in [2.24, 2.45) is 0 Å². The van der Waals surface area contributed by atoms with Gasteiger partial charge >= 0.3 is 0 Å². The van der Waals surface area contributed by atoms with Gasteiger partial charge in [0.2, 0.25) is 0 Å². The number of nitrogens with one attached hydrogen (secondary N) is 1. The van der Waals surface area contributed by atoms with E-state index in [0.717, 1.165) is 17.0 Å². The van der Waals surface area contributed by atoms with Crippen LogP contribution < -0.4 is 5.32 Å². The van der Waals surface area contributed by atoms with E-state index in [1.807, 2.05) is 13.1 Å². The molecular weight excluding hydrogens is 236 g/mol. The van der Waals surface area contributed by atoms with Crippen LogP contribution in [0.2, 0.25) is 0 Å². The Balaban J connectivity index is 2.32. The van der Waals surface area contributed by atoms with E-state index in [-0.39, 0.29) is 10.6 Å². The summed E-state index contributed by atoms with van der Waals surface area (Å²) in [5.41, 5.74) is 2.22. The summed E-state index contributed by atoms with van der Waals surface area (Å²) in [7, 11) is 1.89. The van der Waals surface area contributed by atoms with E-state index in [0.29, 0.717) is 0 Å². The molecule has 0 unspecified atom stereocenters. The summed E-state index contributed by atoms with van der Waals surface area (Å²) < 4.78 is 0. The molecule has 0 amide bonds. The van der Waals surface area contributed by atoms with Crippen LogP contribution in [0.5, 0.6) is 0 Å². The summed E-state index contributed by atoms with van der Waals surface area (Å²) >= 11 is 1.60. The summed E-state index contributed by atoms with van der Waals surface area (Å²) in [6.45, 7) is 0.811. The first-order valence-electron chi connectivity index (χ1n) is 5.17. The van der Waals surface area contributed by atoms with Crippen LogP contribution in [-0.4, -0.2) is 12.0 Å². The number of hydrogen-bond donors (Lipinski definition) is 1. The Bertz CT molecular complexity index is 537. The third-order valence-electron chi connectivity index (χ3n) is 2.38. The van der Waals surface area contributed by atoms with Crippen molar-refractivity contribution in [3.63, 3.8) is 0 Å². The van der Waals surface area contributed by atoms with Crippen LogP contribution in [0, 0.1) is 10.1 Å². The van der Waals surface area contributed by atoms with Gasteiger partial charge in [-0.2, -0.15) is 0 Å². The largest absolute Gasteiger partial charge is 0.316 e. The van der Waals surface area contributed by atoms with E-state index in [4.69, 9.17) is 0 Å². The summed E-state index contributed by atoms with van der Waals surface area (Å²) in [4.78, 5) is 11.4. The Morgan fingerprint density at radius 2 is 2.24 bits per heavy atom. The van der Waals surface area contributed by atoms with Crippen LogP contribution in [0.4, 0.5) is 5.69 Å². The quantitative estimate of drug-likeness (QED) is 0.668. The first-order chi connectivity index (χ1) is 8.20. The molecule has 0 spiro atoms. The van der Waals surface area contributed by atoms with E-state index in [1.54, 1.807) is 23.5 Å². The van der Waals surface area contributed by atoms with Crippen molar-refractivity contribution in [1.29, 1.82) is 0 Å². The van der Waals surface area contributed by atoms with Crippen LogP contribution >= 0.6 is 11.3 Å². The van der Waals surface area contributed by atoms with Crippen molar-refractivity contribution >= 4 is 17.0 Å². The molecule has 17 heavy (non-hydrogen) atoms. The van der Waals surface area contributed by atoms with Gasteiger partial charge in [-0.05, 0) is 29.6 Å². The zero-order valence-electron chi connectivity index (χ0n) is 9.34. The van der Waals surface area contributed by atoms with Crippen LogP contribution in [0.25, 0.3) is 10.4 Å². The molecule has 0 radical (unpaired) electrons. The van der Waals surface area contributed by atoms with Gasteiger partial charge in [0.15, 0.2) is 0 Å². The number of non-ortho nitro benzene ring substituents is 1. The van der Waals surface area contributed by atoms with E-state index in [2.05, 4.69) is 16.8 Å². The van der Waals surface area contributed by atoms with Gasteiger partial charge in [0, 0.05) is 23.6 Å². The fourth-order valence-electron chi connectivity index (χ4n) is 1.60. The average Bonchev–Trinajstić information content (AvgIpc) is 2.78. The van der Waals surface area contributed by atoms with Crippen molar-refractivity contribution in [2.45, 2.75) is 6.54 Å². The van der Waals surface area contributed by atoms with Crippen molar-refractivity contribution in [1.82, 2.24) is 5.32 Å². The van der Waals surface area contributed by atoms with Crippen molar-refractivity contribution in [3.8, 4) is 10.4 Å². The molecule has 2 rings (SSSR count). The lowest BCUT2D eigenvalue weighted by molar-refractivity contribution is -0.384. The molecule has 0 saturated heterocycles. The standard InChI is InChI=1S/C12H12N2O2S/c1-13-7-9-5-12(17-8-9)10-3-2-4-11(6-10)14(15)16/h2-6,8,13H,7H2,1H3. The summed E-state index contributed by atoms with van der Waals surface area (Å²) in [6, 6.07) is 8.77. The first-order valence-corrected chi connectivity index (χ1v) is 6.05. The highest BCUT2D eigenvalue weighted by Crippen LogP contribution is 2.29. The molecular formula is C12H12N2O2S. The number of rotatable bonds is 4. The maximum atomic E-state index is 10.7. The van der Waals surface area contributed by atoms with Gasteiger partial charge in [-0.15, -0.1) is 11.3 Å². The fraction of sp³-hybridized carbons (Fsp3) is 0.167. The second kappa shape index (κ2) is 5.07. The normalized spacial score (nSPS) is 10.4. The third-order valence-corrected chi connectivity index (χ3v) is 3.40. The molecule has 5 heteroatoms. The first kappa shape index (κ1) is 11.8. The van der Waals surface area contributed by atoms with E-state index in [9.17, 15) is 10.1 Å². The smallest absolute Gasteiger partial charge is 0.270 e. The Morgan fingerprint density at radius 3 is 2.94 bits per heavy atom. The Kier molecular flexibility index (Phi) is 3.51. The second-order valence-electron chi connectivity index (χ2n) is 3.66. The molecule has 0 aliphatic rings. The number of thiophene rings is 1. The number of nitro benzene ring substituents is 1. The third kappa shape index (κ3) is 2.69. The predicted octanol–water partition coefficient (Wildman–Crippen LogP) is 3.04. The van der Waals surface area contributed by atoms with Gasteiger partial charge < -0.3 is 5.32 Å². The van der Waals surface area contributed by atoms with E-state index < -0.39 is 0 Å². The molecule has 0 saturated carbocycles. The highest BCUT2D eigenvalue weighted by atomic mass is 32.1. The molecule has 1 N–H and O–H groups in total. The Labute approximate surface area is 103 Å². The van der Waals surface area contributed by atoms with Gasteiger partial charge in [0.25, 0.3) is 5.69 Å². The minimum Gasteiger partial charge on any atom is -0.316 e. The second-order valence-corrected chi connectivity index (χ2v) is 4.57. The fourth-order valence-corrected chi connectivity index (χ4v) is 2.51. The Hall–Kier alpha value is -1.72. The lowest BCUT2D eigenvalue weighted by Gasteiger charge is -1.97. The number of nitro groups is 1. The van der Waals surface area contributed by atoms with Gasteiger partial charge in [0.05, 0.1) is 4.92 Å². The number of hydrogen-bond acceptors (Lipinski definition) is 4. The number of benzene rings is 1. The predicted molar refractivity (Wildman–Crippen MR) is 69.2 cm³/mol. The average molecular weight is 248 g/mol. The molecule has 0 fully saturated rings. The molecule has 2 aromatic rings. The molecule has 0 bridgehead atoms. The molecule has 0 aliphatic heterocycles.